The van der Waals surface area contributed by atoms with E-state index in [0.29, 0.717) is 17.3 Å². The Labute approximate surface area is 142 Å². The summed E-state index contributed by atoms with van der Waals surface area (Å²) >= 11 is 0. The molecule has 5 heteroatoms. The summed E-state index contributed by atoms with van der Waals surface area (Å²) in [6.07, 6.45) is 5.53. The Morgan fingerprint density at radius 2 is 2.17 bits per heavy atom. The predicted molar refractivity (Wildman–Crippen MR) is 93.9 cm³/mol. The minimum absolute atomic E-state index is 0.0188. The highest BCUT2D eigenvalue weighted by Crippen LogP contribution is 2.32. The molecule has 3 rings (SSSR count). The van der Waals surface area contributed by atoms with Crippen LogP contribution in [0.1, 0.15) is 32.6 Å². The van der Waals surface area contributed by atoms with E-state index in [1.54, 1.807) is 18.3 Å². The molecule has 1 aliphatic rings. The van der Waals surface area contributed by atoms with Crippen molar-refractivity contribution >= 4 is 11.6 Å². The highest BCUT2D eigenvalue weighted by molar-refractivity contribution is 5.93. The van der Waals surface area contributed by atoms with Crippen LogP contribution in [0.25, 0.3) is 0 Å². The van der Waals surface area contributed by atoms with E-state index >= 15 is 0 Å². The van der Waals surface area contributed by atoms with Crippen LogP contribution in [0.3, 0.4) is 0 Å². The zero-order valence-corrected chi connectivity index (χ0v) is 13.9. The fourth-order valence-corrected chi connectivity index (χ4v) is 3.18. The van der Waals surface area contributed by atoms with Gasteiger partial charge in [-0.2, -0.15) is 0 Å². The van der Waals surface area contributed by atoms with Gasteiger partial charge in [0.25, 0.3) is 0 Å². The van der Waals surface area contributed by atoms with E-state index < -0.39 is 5.54 Å². The van der Waals surface area contributed by atoms with E-state index in [2.05, 4.69) is 10.3 Å². The Hall–Kier alpha value is -2.40. The molecular formula is C19H23N3O2. The molecule has 1 saturated carbocycles. The van der Waals surface area contributed by atoms with Crippen molar-refractivity contribution in [1.29, 1.82) is 0 Å². The summed E-state index contributed by atoms with van der Waals surface area (Å²) in [4.78, 5) is 16.7. The number of nitrogens with zero attached hydrogens (tertiary/aromatic N) is 1. The van der Waals surface area contributed by atoms with Gasteiger partial charge in [0.2, 0.25) is 11.8 Å². The van der Waals surface area contributed by atoms with Crippen LogP contribution < -0.4 is 15.8 Å². The summed E-state index contributed by atoms with van der Waals surface area (Å²) < 4.78 is 5.70. The first-order valence-corrected chi connectivity index (χ1v) is 8.33. The van der Waals surface area contributed by atoms with Crippen molar-refractivity contribution in [1.82, 2.24) is 4.98 Å². The number of nitrogens with one attached hydrogen (secondary N) is 1. The van der Waals surface area contributed by atoms with Crippen LogP contribution in [0, 0.1) is 5.92 Å². The lowest BCUT2D eigenvalue weighted by molar-refractivity contribution is -0.122. The van der Waals surface area contributed by atoms with Crippen LogP contribution in [-0.4, -0.2) is 16.4 Å². The molecule has 126 valence electrons. The summed E-state index contributed by atoms with van der Waals surface area (Å²) in [6.45, 7) is 1.97. The van der Waals surface area contributed by atoms with Crippen molar-refractivity contribution in [2.24, 2.45) is 11.7 Å². The minimum atomic E-state index is -0.440. The lowest BCUT2D eigenvalue weighted by Gasteiger charge is -2.37. The number of hydrogen-bond acceptors (Lipinski definition) is 4. The number of nitrogens with two attached hydrogens (primary N) is 1. The second-order valence-corrected chi connectivity index (χ2v) is 6.59. The van der Waals surface area contributed by atoms with Crippen molar-refractivity contribution < 1.29 is 9.53 Å². The lowest BCUT2D eigenvalue weighted by atomic mass is 9.74. The van der Waals surface area contributed by atoms with Gasteiger partial charge < -0.3 is 15.8 Å². The molecule has 1 aromatic carbocycles. The number of rotatable bonds is 4. The molecule has 3 N–H and O–H groups in total. The third-order valence-corrected chi connectivity index (χ3v) is 4.53. The Kier molecular flexibility index (Phi) is 4.81. The van der Waals surface area contributed by atoms with Gasteiger partial charge in [-0.25, -0.2) is 4.98 Å². The normalized spacial score (nSPS) is 23.5. The summed E-state index contributed by atoms with van der Waals surface area (Å²) in [6, 6.07) is 12.8. The monoisotopic (exact) mass is 325 g/mol. The zero-order chi connectivity index (χ0) is 17.0. The summed E-state index contributed by atoms with van der Waals surface area (Å²) in [5.74, 6) is 0.967. The van der Waals surface area contributed by atoms with Gasteiger partial charge in [-0.05, 0) is 38.0 Å². The number of anilines is 1. The Bertz CT molecular complexity index is 701. The number of aromatic nitrogens is 1. The summed E-state index contributed by atoms with van der Waals surface area (Å²) in [5, 5.41) is 2.97. The molecular weight excluding hydrogens is 302 g/mol. The molecule has 0 spiro atoms. The van der Waals surface area contributed by atoms with Gasteiger partial charge in [0, 0.05) is 29.6 Å². The summed E-state index contributed by atoms with van der Waals surface area (Å²) in [5.41, 5.74) is 6.58. The Balaban J connectivity index is 1.69. The first-order valence-electron chi connectivity index (χ1n) is 8.33. The van der Waals surface area contributed by atoms with Gasteiger partial charge in [-0.15, -0.1) is 0 Å². The molecule has 1 amide bonds. The average molecular weight is 325 g/mol. The van der Waals surface area contributed by atoms with Crippen LogP contribution >= 0.6 is 0 Å². The van der Waals surface area contributed by atoms with E-state index in [1.165, 1.54) is 0 Å². The molecule has 0 radical (unpaired) electrons. The van der Waals surface area contributed by atoms with Crippen LogP contribution in [0.5, 0.6) is 11.6 Å². The molecule has 0 bridgehead atoms. The van der Waals surface area contributed by atoms with Gasteiger partial charge in [-0.1, -0.05) is 25.0 Å². The van der Waals surface area contributed by atoms with Gasteiger partial charge in [0.1, 0.15) is 5.75 Å². The van der Waals surface area contributed by atoms with Gasteiger partial charge >= 0.3 is 0 Å². The molecule has 24 heavy (non-hydrogen) atoms. The number of ether oxygens (including phenoxy) is 1. The fourth-order valence-electron chi connectivity index (χ4n) is 3.18. The second kappa shape index (κ2) is 7.01. The van der Waals surface area contributed by atoms with Crippen molar-refractivity contribution in [3.8, 4) is 11.6 Å². The van der Waals surface area contributed by atoms with E-state index in [4.69, 9.17) is 10.5 Å². The minimum Gasteiger partial charge on any atom is -0.439 e. The molecule has 0 saturated heterocycles. The topological polar surface area (TPSA) is 77.2 Å². The Morgan fingerprint density at radius 1 is 1.29 bits per heavy atom. The van der Waals surface area contributed by atoms with Crippen molar-refractivity contribution in [2.75, 3.05) is 5.32 Å². The second-order valence-electron chi connectivity index (χ2n) is 6.59. The molecule has 1 heterocycles. The number of pyridine rings is 1. The van der Waals surface area contributed by atoms with Crippen LogP contribution in [0.15, 0.2) is 48.7 Å². The smallest absolute Gasteiger partial charge is 0.229 e. The maximum Gasteiger partial charge on any atom is 0.229 e. The third-order valence-electron chi connectivity index (χ3n) is 4.53. The van der Waals surface area contributed by atoms with Gasteiger partial charge in [0.15, 0.2) is 0 Å². The van der Waals surface area contributed by atoms with Crippen molar-refractivity contribution in [3.63, 3.8) is 0 Å². The molecule has 1 aliphatic carbocycles. The molecule has 0 aliphatic heterocycles. The summed E-state index contributed by atoms with van der Waals surface area (Å²) in [7, 11) is 0. The fraction of sp³-hybridized carbons (Fsp3) is 0.368. The van der Waals surface area contributed by atoms with Gasteiger partial charge in [0.05, 0.1) is 5.92 Å². The highest BCUT2D eigenvalue weighted by atomic mass is 16.5. The molecule has 1 fully saturated rings. The van der Waals surface area contributed by atoms with E-state index in [9.17, 15) is 4.79 Å². The first kappa shape index (κ1) is 16.5. The largest absolute Gasteiger partial charge is 0.439 e. The van der Waals surface area contributed by atoms with Crippen molar-refractivity contribution in [2.45, 2.75) is 38.1 Å². The van der Waals surface area contributed by atoms with Crippen LogP contribution in [0.2, 0.25) is 0 Å². The van der Waals surface area contributed by atoms with E-state index in [0.717, 1.165) is 25.7 Å². The molecule has 2 atom stereocenters. The highest BCUT2D eigenvalue weighted by Gasteiger charge is 2.37. The first-order chi connectivity index (χ1) is 11.5. The molecule has 5 nitrogen and oxygen atoms in total. The van der Waals surface area contributed by atoms with E-state index in [-0.39, 0.29) is 11.8 Å². The lowest BCUT2D eigenvalue weighted by Crippen LogP contribution is -2.51. The number of carbonyl (C=O) groups is 1. The number of hydrogen-bond donors (Lipinski definition) is 2. The third kappa shape index (κ3) is 3.92. The quantitative estimate of drug-likeness (QED) is 0.898. The predicted octanol–water partition coefficient (Wildman–Crippen LogP) is 3.72. The van der Waals surface area contributed by atoms with Crippen LogP contribution in [0.4, 0.5) is 5.69 Å². The number of carbonyl (C=O) groups excluding carboxylic acids is 1. The molecule has 2 aromatic rings. The number of benzene rings is 1. The van der Waals surface area contributed by atoms with Crippen molar-refractivity contribution in [3.05, 3.63) is 48.7 Å². The maximum atomic E-state index is 12.6. The maximum absolute atomic E-state index is 12.6. The molecule has 1 aromatic heterocycles. The van der Waals surface area contributed by atoms with E-state index in [1.807, 2.05) is 37.3 Å². The van der Waals surface area contributed by atoms with Gasteiger partial charge in [-0.3, -0.25) is 4.79 Å². The van der Waals surface area contributed by atoms with Crippen LogP contribution in [-0.2, 0) is 4.79 Å². The SMILES string of the molecule is CC1(N)CCCCC1C(=O)Nc1cccc(Oc2ccccn2)c1. The average Bonchev–Trinajstić information content (AvgIpc) is 2.55. The zero-order valence-electron chi connectivity index (χ0n) is 13.9. The number of amides is 1. The molecule has 2 unspecified atom stereocenters. The standard InChI is InChI=1S/C19H23N3O2/c1-19(20)11-4-2-9-16(19)18(23)22-14-7-6-8-15(13-14)24-17-10-3-5-12-21-17/h3,5-8,10,12-13,16H,2,4,9,11,20H2,1H3,(H,22,23). The Morgan fingerprint density at radius 3 is 2.92 bits per heavy atom.